The van der Waals surface area contributed by atoms with Crippen LogP contribution in [0.15, 0.2) is 72.8 Å². The predicted octanol–water partition coefficient (Wildman–Crippen LogP) is 4.48. The van der Waals surface area contributed by atoms with Crippen molar-refractivity contribution in [3.05, 3.63) is 95.1 Å². The average Bonchev–Trinajstić information content (AvgIpc) is 2.79. The van der Waals surface area contributed by atoms with Crippen LogP contribution in [-0.2, 0) is 9.53 Å². The zero-order valence-corrected chi connectivity index (χ0v) is 18.6. The first kappa shape index (κ1) is 22.7. The third-order valence-electron chi connectivity index (χ3n) is 5.01. The number of nitrogens with zero attached hydrogens (tertiary/aromatic N) is 1. The predicted molar refractivity (Wildman–Crippen MR) is 125 cm³/mol. The molecule has 0 aliphatic rings. The summed E-state index contributed by atoms with van der Waals surface area (Å²) in [5.74, 6) is -1.47. The molecule has 0 bridgehead atoms. The first-order valence-corrected chi connectivity index (χ1v) is 10.3. The van der Waals surface area contributed by atoms with Gasteiger partial charge in [0.05, 0.1) is 5.56 Å². The molecule has 0 saturated heterocycles. The van der Waals surface area contributed by atoms with Gasteiger partial charge in [-0.05, 0) is 44.2 Å². The number of esters is 1. The minimum atomic E-state index is -1.04. The lowest BCUT2D eigenvalue weighted by Gasteiger charge is -2.16. The van der Waals surface area contributed by atoms with Gasteiger partial charge in [-0.15, -0.1) is 0 Å². The monoisotopic (exact) mass is 430 g/mol. The van der Waals surface area contributed by atoms with Crippen LogP contribution in [0, 0.1) is 6.92 Å². The summed E-state index contributed by atoms with van der Waals surface area (Å²) in [7, 11) is 3.85. The van der Waals surface area contributed by atoms with Crippen molar-refractivity contribution < 1.29 is 19.1 Å². The molecule has 3 aromatic rings. The number of amides is 1. The van der Waals surface area contributed by atoms with Crippen molar-refractivity contribution in [1.82, 2.24) is 0 Å². The van der Waals surface area contributed by atoms with E-state index in [0.29, 0.717) is 11.3 Å². The molecule has 0 aliphatic carbocycles. The summed E-state index contributed by atoms with van der Waals surface area (Å²) in [6.07, 6.45) is -1.04. The molecule has 0 aliphatic heterocycles. The van der Waals surface area contributed by atoms with E-state index >= 15 is 0 Å². The van der Waals surface area contributed by atoms with Gasteiger partial charge in [-0.1, -0.05) is 48.0 Å². The number of rotatable bonds is 7. The molecule has 32 heavy (non-hydrogen) atoms. The van der Waals surface area contributed by atoms with Gasteiger partial charge in [-0.2, -0.15) is 0 Å². The Morgan fingerprint density at radius 1 is 0.844 bits per heavy atom. The third-order valence-corrected chi connectivity index (χ3v) is 5.01. The highest BCUT2D eigenvalue weighted by Gasteiger charge is 2.23. The summed E-state index contributed by atoms with van der Waals surface area (Å²) in [6.45, 7) is 3.43. The topological polar surface area (TPSA) is 75.7 Å². The molecule has 1 N–H and O–H groups in total. The fraction of sp³-hybridized carbons (Fsp3) is 0.192. The maximum Gasteiger partial charge on any atom is 0.339 e. The van der Waals surface area contributed by atoms with Crippen molar-refractivity contribution >= 4 is 29.0 Å². The molecule has 1 unspecified atom stereocenters. The standard InChI is InChI=1S/C26H26N2O4/c1-17-9-11-19(12-10-17)24(29)22-7-5-6-8-23(22)26(31)32-18(2)25(30)27-20-13-15-21(16-14-20)28(3)4/h5-16,18H,1-4H3,(H,27,30). The quantitative estimate of drug-likeness (QED) is 0.442. The number of anilines is 2. The molecular weight excluding hydrogens is 404 g/mol. The average molecular weight is 431 g/mol. The Balaban J connectivity index is 1.70. The molecule has 0 radical (unpaired) electrons. The number of benzene rings is 3. The van der Waals surface area contributed by atoms with E-state index in [1.807, 2.05) is 50.2 Å². The third kappa shape index (κ3) is 5.40. The fourth-order valence-corrected chi connectivity index (χ4v) is 3.08. The second kappa shape index (κ2) is 9.92. The fourth-order valence-electron chi connectivity index (χ4n) is 3.08. The second-order valence-electron chi connectivity index (χ2n) is 7.72. The Kier molecular flexibility index (Phi) is 7.05. The second-order valence-corrected chi connectivity index (χ2v) is 7.72. The van der Waals surface area contributed by atoms with Crippen LogP contribution in [0.2, 0.25) is 0 Å². The summed E-state index contributed by atoms with van der Waals surface area (Å²) < 4.78 is 5.37. The first-order valence-electron chi connectivity index (χ1n) is 10.3. The zero-order valence-electron chi connectivity index (χ0n) is 18.6. The number of aryl methyl sites for hydroxylation is 1. The summed E-state index contributed by atoms with van der Waals surface area (Å²) in [6, 6.07) is 20.9. The van der Waals surface area contributed by atoms with E-state index in [4.69, 9.17) is 4.74 Å². The lowest BCUT2D eigenvalue weighted by atomic mass is 9.98. The molecule has 3 aromatic carbocycles. The molecule has 0 spiro atoms. The van der Waals surface area contributed by atoms with Crippen molar-refractivity contribution in [2.75, 3.05) is 24.3 Å². The normalized spacial score (nSPS) is 11.4. The van der Waals surface area contributed by atoms with Crippen molar-refractivity contribution in [2.24, 2.45) is 0 Å². The smallest absolute Gasteiger partial charge is 0.339 e. The van der Waals surface area contributed by atoms with Crippen molar-refractivity contribution in [3.63, 3.8) is 0 Å². The first-order chi connectivity index (χ1) is 15.3. The Labute approximate surface area is 187 Å². The minimum absolute atomic E-state index is 0.119. The van der Waals surface area contributed by atoms with E-state index in [-0.39, 0.29) is 16.9 Å². The van der Waals surface area contributed by atoms with Crippen molar-refractivity contribution in [1.29, 1.82) is 0 Å². The Morgan fingerprint density at radius 2 is 1.44 bits per heavy atom. The molecule has 0 saturated carbocycles. The van der Waals surface area contributed by atoms with Crippen LogP contribution in [0.3, 0.4) is 0 Å². The molecule has 0 heterocycles. The van der Waals surface area contributed by atoms with Crippen LogP contribution in [0.1, 0.15) is 38.8 Å². The van der Waals surface area contributed by atoms with E-state index in [0.717, 1.165) is 11.3 Å². The highest BCUT2D eigenvalue weighted by molar-refractivity contribution is 6.14. The molecule has 164 valence electrons. The number of hydrogen-bond acceptors (Lipinski definition) is 5. The number of ketones is 1. The maximum atomic E-state index is 12.9. The van der Waals surface area contributed by atoms with Gasteiger partial charge in [0.25, 0.3) is 5.91 Å². The molecule has 6 nitrogen and oxygen atoms in total. The highest BCUT2D eigenvalue weighted by atomic mass is 16.5. The summed E-state index contributed by atoms with van der Waals surface area (Å²) in [4.78, 5) is 40.2. The maximum absolute atomic E-state index is 12.9. The molecule has 0 aromatic heterocycles. The molecule has 6 heteroatoms. The van der Waals surface area contributed by atoms with Crippen molar-refractivity contribution in [2.45, 2.75) is 20.0 Å². The van der Waals surface area contributed by atoms with Gasteiger partial charge in [-0.25, -0.2) is 4.79 Å². The molecular formula is C26H26N2O4. The van der Waals surface area contributed by atoms with Crippen LogP contribution in [-0.4, -0.2) is 37.9 Å². The van der Waals surface area contributed by atoms with E-state index < -0.39 is 18.0 Å². The lowest BCUT2D eigenvalue weighted by molar-refractivity contribution is -0.123. The number of nitrogens with one attached hydrogen (secondary N) is 1. The van der Waals surface area contributed by atoms with Crippen LogP contribution in [0.25, 0.3) is 0 Å². The van der Waals surface area contributed by atoms with E-state index in [1.165, 1.54) is 13.0 Å². The number of hydrogen-bond donors (Lipinski definition) is 1. The van der Waals surface area contributed by atoms with Gasteiger partial charge in [-0.3, -0.25) is 9.59 Å². The Hall–Kier alpha value is -3.93. The van der Waals surface area contributed by atoms with Gasteiger partial charge in [0.1, 0.15) is 0 Å². The van der Waals surface area contributed by atoms with E-state index in [9.17, 15) is 14.4 Å². The number of carbonyl (C=O) groups is 3. The summed E-state index contributed by atoms with van der Waals surface area (Å²) in [5, 5.41) is 2.73. The lowest BCUT2D eigenvalue weighted by Crippen LogP contribution is -2.30. The highest BCUT2D eigenvalue weighted by Crippen LogP contribution is 2.19. The van der Waals surface area contributed by atoms with Gasteiger partial charge in [0.2, 0.25) is 0 Å². The van der Waals surface area contributed by atoms with Gasteiger partial charge < -0.3 is 15.0 Å². The molecule has 1 amide bonds. The van der Waals surface area contributed by atoms with Crippen LogP contribution in [0.4, 0.5) is 11.4 Å². The van der Waals surface area contributed by atoms with Gasteiger partial charge in [0.15, 0.2) is 11.9 Å². The van der Waals surface area contributed by atoms with Gasteiger partial charge in [0, 0.05) is 36.6 Å². The van der Waals surface area contributed by atoms with Crippen LogP contribution in [0.5, 0.6) is 0 Å². The zero-order chi connectivity index (χ0) is 23.3. The molecule has 3 rings (SSSR count). The van der Waals surface area contributed by atoms with Crippen LogP contribution >= 0.6 is 0 Å². The largest absolute Gasteiger partial charge is 0.449 e. The number of ether oxygens (including phenoxy) is 1. The summed E-state index contributed by atoms with van der Waals surface area (Å²) in [5.41, 5.74) is 3.45. The molecule has 1 atom stereocenters. The van der Waals surface area contributed by atoms with E-state index in [2.05, 4.69) is 5.32 Å². The van der Waals surface area contributed by atoms with Gasteiger partial charge >= 0.3 is 5.97 Å². The van der Waals surface area contributed by atoms with Crippen LogP contribution < -0.4 is 10.2 Å². The Bertz CT molecular complexity index is 1120. The Morgan fingerprint density at radius 3 is 2.03 bits per heavy atom. The SMILES string of the molecule is Cc1ccc(C(=O)c2ccccc2C(=O)OC(C)C(=O)Nc2ccc(N(C)C)cc2)cc1. The summed E-state index contributed by atoms with van der Waals surface area (Å²) >= 11 is 0. The van der Waals surface area contributed by atoms with Crippen molar-refractivity contribution in [3.8, 4) is 0 Å². The minimum Gasteiger partial charge on any atom is -0.449 e. The molecule has 0 fully saturated rings. The number of carbonyl (C=O) groups excluding carboxylic acids is 3. The van der Waals surface area contributed by atoms with E-state index in [1.54, 1.807) is 42.5 Å².